The van der Waals surface area contributed by atoms with Crippen LogP contribution in [0.1, 0.15) is 209 Å². The minimum atomic E-state index is -1.20. The van der Waals surface area contributed by atoms with Crippen molar-refractivity contribution < 1.29 is 19.1 Å². The molecule has 2 atom stereocenters. The van der Waals surface area contributed by atoms with Gasteiger partial charge in [-0.25, -0.2) is 0 Å². The number of thiocarbonyl (C=S) groups is 2. The van der Waals surface area contributed by atoms with E-state index in [1.54, 1.807) is 37.4 Å². The Hall–Kier alpha value is -0.900. The lowest BCUT2D eigenvalue weighted by atomic mass is 9.98. The maximum absolute atomic E-state index is 12.9. The molecule has 8 nitrogen and oxygen atoms in total. The van der Waals surface area contributed by atoms with Gasteiger partial charge in [0.15, 0.2) is 11.1 Å². The summed E-state index contributed by atoms with van der Waals surface area (Å²) in [6.45, 7) is 15.4. The predicted octanol–water partition coefficient (Wildman–Crippen LogP) is 15.6. The second-order valence-corrected chi connectivity index (χ2v) is 25.1. The van der Waals surface area contributed by atoms with E-state index in [1.807, 2.05) is 27.7 Å². The van der Waals surface area contributed by atoms with Gasteiger partial charge in [0.05, 0.1) is 25.4 Å². The molecule has 0 N–H and O–H groups in total. The second-order valence-electron chi connectivity index (χ2n) is 17.2. The van der Waals surface area contributed by atoms with Crippen LogP contribution in [0.15, 0.2) is 10.2 Å². The standard InChI is InChI=1S/C46H80N4O4S6/c1-9-11-13-15-17-19-21-23-25-27-35-57-41(55)59-43(3,4)39(51)53-33-29-31-45(7,37-47)49-50-46(8,38-48)32-30-34-54-40(52)44(5,6)60-42(56)58-36-28-26-24-22-20-18-16-14-12-10-2/h9-36H2,1-8H3. The fourth-order valence-corrected chi connectivity index (χ4v) is 12.2. The predicted molar refractivity (Wildman–Crippen MR) is 270 cm³/mol. The Bertz CT molecular complexity index is 1240. The van der Waals surface area contributed by atoms with E-state index in [4.69, 9.17) is 33.9 Å². The molecular weight excluding hydrogens is 865 g/mol. The van der Waals surface area contributed by atoms with Crippen LogP contribution in [0.5, 0.6) is 0 Å². The van der Waals surface area contributed by atoms with E-state index in [0.29, 0.717) is 25.7 Å². The molecule has 0 fully saturated rings. The van der Waals surface area contributed by atoms with E-state index in [-0.39, 0.29) is 25.2 Å². The summed E-state index contributed by atoms with van der Waals surface area (Å²) in [6, 6.07) is 4.39. The third-order valence-corrected chi connectivity index (χ3v) is 15.7. The van der Waals surface area contributed by atoms with Crippen LogP contribution in [-0.4, -0.2) is 64.3 Å². The fourth-order valence-electron chi connectivity index (χ4n) is 6.04. The van der Waals surface area contributed by atoms with Crippen LogP contribution >= 0.6 is 71.5 Å². The molecule has 2 unspecified atom stereocenters. The summed E-state index contributed by atoms with van der Waals surface area (Å²) in [5.74, 6) is 1.21. The number of nitrogens with zero attached hydrogens (tertiary/aromatic N) is 4. The van der Waals surface area contributed by atoms with Gasteiger partial charge in [0.25, 0.3) is 0 Å². The van der Waals surface area contributed by atoms with Gasteiger partial charge < -0.3 is 9.47 Å². The number of rotatable bonds is 36. The molecule has 0 aliphatic heterocycles. The van der Waals surface area contributed by atoms with Crippen LogP contribution in [-0.2, 0) is 19.1 Å². The van der Waals surface area contributed by atoms with Gasteiger partial charge in [-0.2, -0.15) is 20.8 Å². The molecule has 0 aromatic rings. The summed E-state index contributed by atoms with van der Waals surface area (Å²) in [5.41, 5.74) is -2.39. The maximum Gasteiger partial charge on any atom is 0.322 e. The zero-order chi connectivity index (χ0) is 45.2. The first-order valence-corrected chi connectivity index (χ1v) is 27.2. The summed E-state index contributed by atoms with van der Waals surface area (Å²) < 4.78 is 11.0. The molecule has 0 amide bonds. The van der Waals surface area contributed by atoms with Crippen LogP contribution in [0.4, 0.5) is 0 Å². The van der Waals surface area contributed by atoms with Crippen molar-refractivity contribution in [3.63, 3.8) is 0 Å². The highest BCUT2D eigenvalue weighted by Gasteiger charge is 2.34. The Balaban J connectivity index is 4.49. The minimum Gasteiger partial charge on any atom is -0.465 e. The highest BCUT2D eigenvalue weighted by Crippen LogP contribution is 2.34. The first kappa shape index (κ1) is 59.1. The number of nitriles is 2. The smallest absolute Gasteiger partial charge is 0.322 e. The molecule has 0 radical (unpaired) electrons. The van der Waals surface area contributed by atoms with Crippen molar-refractivity contribution in [3.05, 3.63) is 0 Å². The summed E-state index contributed by atoms with van der Waals surface area (Å²) in [7, 11) is 0. The number of hydrogen-bond acceptors (Lipinski definition) is 14. The first-order valence-electron chi connectivity index (χ1n) is 22.8. The largest absolute Gasteiger partial charge is 0.465 e. The van der Waals surface area contributed by atoms with Gasteiger partial charge in [0.2, 0.25) is 0 Å². The number of azo groups is 1. The van der Waals surface area contributed by atoms with Gasteiger partial charge in [0, 0.05) is 0 Å². The molecule has 0 aromatic carbocycles. The van der Waals surface area contributed by atoms with Crippen LogP contribution in [0.25, 0.3) is 0 Å². The SMILES string of the molecule is CCCCCCCCCCCCSC(=S)SC(C)(C)C(=O)OCCCC(C)(C#N)N=NC(C)(C#N)CCCOC(=O)C(C)(C)SC(=S)SCCCCCCCCCCCC. The normalized spacial score (nSPS) is 13.9. The highest BCUT2D eigenvalue weighted by atomic mass is 32.2. The molecule has 0 aliphatic rings. The molecule has 344 valence electrons. The van der Waals surface area contributed by atoms with Crippen molar-refractivity contribution in [2.75, 3.05) is 24.7 Å². The van der Waals surface area contributed by atoms with Crippen molar-refractivity contribution in [1.29, 1.82) is 10.5 Å². The molecule has 60 heavy (non-hydrogen) atoms. The number of esters is 2. The number of unbranched alkanes of at least 4 members (excludes halogenated alkanes) is 18. The van der Waals surface area contributed by atoms with Gasteiger partial charge in [-0.3, -0.25) is 9.59 Å². The van der Waals surface area contributed by atoms with E-state index in [2.05, 4.69) is 36.2 Å². The molecule has 0 aromatic heterocycles. The minimum absolute atomic E-state index is 0.131. The summed E-state index contributed by atoms with van der Waals surface area (Å²) >= 11 is 17.1. The third-order valence-electron chi connectivity index (χ3n) is 10.2. The molecule has 0 heterocycles. The number of carbonyl (C=O) groups excluding carboxylic acids is 2. The molecular formula is C46H80N4O4S6. The third kappa shape index (κ3) is 31.0. The lowest BCUT2D eigenvalue weighted by Gasteiger charge is -2.23. The average molecular weight is 946 g/mol. The molecule has 0 spiro atoms. The van der Waals surface area contributed by atoms with Crippen LogP contribution in [0.2, 0.25) is 0 Å². The van der Waals surface area contributed by atoms with Crippen molar-refractivity contribution in [1.82, 2.24) is 0 Å². The van der Waals surface area contributed by atoms with E-state index < -0.39 is 20.6 Å². The molecule has 14 heteroatoms. The summed E-state index contributed by atoms with van der Waals surface area (Å²) in [5, 5.41) is 28.4. The van der Waals surface area contributed by atoms with Gasteiger partial charge in [-0.15, -0.1) is 23.5 Å². The Morgan fingerprint density at radius 2 is 0.783 bits per heavy atom. The Kier molecular flexibility index (Phi) is 34.9. The summed E-state index contributed by atoms with van der Waals surface area (Å²) in [4.78, 5) is 25.9. The molecule has 0 aliphatic carbocycles. The monoisotopic (exact) mass is 944 g/mol. The van der Waals surface area contributed by atoms with E-state index in [0.717, 1.165) is 31.4 Å². The molecule has 0 saturated heterocycles. The van der Waals surface area contributed by atoms with Crippen LogP contribution in [0, 0.1) is 22.7 Å². The van der Waals surface area contributed by atoms with Crippen molar-refractivity contribution in [2.24, 2.45) is 10.2 Å². The average Bonchev–Trinajstić information content (AvgIpc) is 3.20. The Morgan fingerprint density at radius 3 is 1.07 bits per heavy atom. The zero-order valence-electron chi connectivity index (χ0n) is 38.7. The van der Waals surface area contributed by atoms with E-state index in [1.165, 1.54) is 139 Å². The number of carbonyl (C=O) groups is 2. The highest BCUT2D eigenvalue weighted by molar-refractivity contribution is 8.48. The van der Waals surface area contributed by atoms with Gasteiger partial charge in [0.1, 0.15) is 16.6 Å². The van der Waals surface area contributed by atoms with Gasteiger partial charge in [-0.05, 0) is 91.6 Å². The van der Waals surface area contributed by atoms with E-state index in [9.17, 15) is 20.1 Å². The van der Waals surface area contributed by atoms with Crippen molar-refractivity contribution in [3.8, 4) is 12.1 Å². The first-order chi connectivity index (χ1) is 28.5. The number of hydrogen-bond donors (Lipinski definition) is 0. The number of ether oxygens (including phenoxy) is 2. The fraction of sp³-hybridized carbons (Fsp3) is 0.870. The zero-order valence-corrected chi connectivity index (χ0v) is 43.6. The maximum atomic E-state index is 12.9. The lowest BCUT2D eigenvalue weighted by molar-refractivity contribution is -0.146. The molecule has 0 saturated carbocycles. The van der Waals surface area contributed by atoms with Crippen molar-refractivity contribution >= 4 is 90.5 Å². The Morgan fingerprint density at radius 1 is 0.500 bits per heavy atom. The summed E-state index contributed by atoms with van der Waals surface area (Å²) in [6.07, 6.45) is 27.3. The second kappa shape index (κ2) is 35.4. The quantitative estimate of drug-likeness (QED) is 0.0257. The van der Waals surface area contributed by atoms with Crippen LogP contribution < -0.4 is 0 Å². The van der Waals surface area contributed by atoms with E-state index >= 15 is 0 Å². The van der Waals surface area contributed by atoms with Crippen molar-refractivity contribution in [2.45, 2.75) is 230 Å². The lowest BCUT2D eigenvalue weighted by Crippen LogP contribution is -2.32. The Labute approximate surface area is 394 Å². The van der Waals surface area contributed by atoms with Gasteiger partial charge >= 0.3 is 11.9 Å². The molecule has 0 rings (SSSR count). The molecule has 0 bridgehead atoms. The van der Waals surface area contributed by atoms with Crippen LogP contribution in [0.3, 0.4) is 0 Å². The number of thioether (sulfide) groups is 4. The topological polar surface area (TPSA) is 125 Å². The van der Waals surface area contributed by atoms with Gasteiger partial charge in [-0.1, -0.05) is 177 Å².